The van der Waals surface area contributed by atoms with Crippen molar-refractivity contribution >= 4 is 21.2 Å². The van der Waals surface area contributed by atoms with E-state index in [2.05, 4.69) is 20.8 Å². The monoisotopic (exact) mass is 670 g/mol. The summed E-state index contributed by atoms with van der Waals surface area (Å²) in [6.45, 7) is 17.7. The van der Waals surface area contributed by atoms with E-state index in [0.717, 1.165) is 25.3 Å². The van der Waals surface area contributed by atoms with Crippen LogP contribution in [0.15, 0.2) is 0 Å². The predicted octanol–water partition coefficient (Wildman–Crippen LogP) is 9.51. The Hall–Kier alpha value is 0.227. The maximum absolute atomic E-state index is 6.51. The fourth-order valence-corrected chi connectivity index (χ4v) is 8.20. The predicted molar refractivity (Wildman–Crippen MR) is 191 cm³/mol. The Morgan fingerprint density at radius 1 is 0.523 bits per heavy atom. The summed E-state index contributed by atoms with van der Waals surface area (Å²) >= 11 is 0. The molecule has 0 saturated carbocycles. The van der Waals surface area contributed by atoms with Crippen LogP contribution in [0.4, 0.5) is 0 Å². The molecule has 0 aromatic carbocycles. The highest BCUT2D eigenvalue weighted by Crippen LogP contribution is 2.28. The van der Waals surface area contributed by atoms with E-state index in [1.807, 2.05) is 20.8 Å². The fraction of sp³-hybridized carbons (Fsp3) is 1.00. The van der Waals surface area contributed by atoms with Crippen molar-refractivity contribution in [3.8, 4) is 0 Å². The third-order valence-electron chi connectivity index (χ3n) is 7.89. The molecule has 0 bridgehead atoms. The second kappa shape index (κ2) is 33.1. The van der Waals surface area contributed by atoms with Crippen LogP contribution >= 0.6 is 12.4 Å². The first-order valence-corrected chi connectivity index (χ1v) is 20.2. The maximum atomic E-state index is 6.51. The molecule has 268 valence electrons. The van der Waals surface area contributed by atoms with Crippen LogP contribution in [0.5, 0.6) is 0 Å². The van der Waals surface area contributed by atoms with Crippen molar-refractivity contribution in [2.24, 2.45) is 11.7 Å². The summed E-state index contributed by atoms with van der Waals surface area (Å²) in [6, 6.07) is 0.789. The summed E-state index contributed by atoms with van der Waals surface area (Å²) in [5.74, 6) is 0.606. The lowest BCUT2D eigenvalue weighted by Crippen LogP contribution is -2.48. The van der Waals surface area contributed by atoms with Gasteiger partial charge in [-0.15, -0.1) is 12.4 Å². The van der Waals surface area contributed by atoms with E-state index >= 15 is 0 Å². The van der Waals surface area contributed by atoms with E-state index in [4.69, 9.17) is 33.2 Å². The minimum absolute atomic E-state index is 0. The molecule has 0 spiro atoms. The molecule has 0 aliphatic carbocycles. The summed E-state index contributed by atoms with van der Waals surface area (Å²) in [6.07, 6.45) is 22.5. The van der Waals surface area contributed by atoms with Gasteiger partial charge in [0.2, 0.25) is 0 Å². The Kier molecular flexibility index (Phi) is 34.9. The molecule has 7 nitrogen and oxygen atoms in total. The van der Waals surface area contributed by atoms with Crippen LogP contribution < -0.4 is 5.73 Å². The van der Waals surface area contributed by atoms with Gasteiger partial charge in [-0.1, -0.05) is 103 Å². The van der Waals surface area contributed by atoms with E-state index in [9.17, 15) is 0 Å². The van der Waals surface area contributed by atoms with E-state index in [1.54, 1.807) is 0 Å². The van der Waals surface area contributed by atoms with Crippen molar-refractivity contribution in [2.45, 2.75) is 162 Å². The highest BCUT2D eigenvalue weighted by atomic mass is 35.5. The Labute approximate surface area is 281 Å². The first-order valence-electron chi connectivity index (χ1n) is 18.3. The highest BCUT2D eigenvalue weighted by molar-refractivity contribution is 6.60. The van der Waals surface area contributed by atoms with Crippen LogP contribution in [0.3, 0.4) is 0 Å². The lowest BCUT2D eigenvalue weighted by Gasteiger charge is -2.31. The van der Waals surface area contributed by atoms with Gasteiger partial charge in [-0.3, -0.25) is 0 Å². The molecule has 0 aliphatic rings. The zero-order chi connectivity index (χ0) is 31.9. The minimum atomic E-state index is -2.91. The van der Waals surface area contributed by atoms with Gasteiger partial charge in [0, 0.05) is 31.4 Å². The van der Waals surface area contributed by atoms with E-state index in [0.29, 0.717) is 65.4 Å². The van der Waals surface area contributed by atoms with Crippen LogP contribution in [0.25, 0.3) is 0 Å². The molecule has 44 heavy (non-hydrogen) atoms. The highest BCUT2D eigenvalue weighted by Gasteiger charge is 2.41. The molecule has 0 aromatic rings. The van der Waals surface area contributed by atoms with Gasteiger partial charge in [-0.05, 0) is 53.4 Å². The number of hydrogen-bond acceptors (Lipinski definition) is 7. The lowest BCUT2D eigenvalue weighted by atomic mass is 9.85. The minimum Gasteiger partial charge on any atom is -0.379 e. The van der Waals surface area contributed by atoms with Gasteiger partial charge in [0.25, 0.3) is 0 Å². The number of unbranched alkanes of at least 4 members (excludes halogenated alkanes) is 12. The van der Waals surface area contributed by atoms with Gasteiger partial charge in [-0.25, -0.2) is 0 Å². The molecule has 0 aliphatic heterocycles. The van der Waals surface area contributed by atoms with Crippen LogP contribution in [0, 0.1) is 5.92 Å². The number of nitrogens with two attached hydrogens (primary N) is 1. The smallest absolute Gasteiger partial charge is 0.379 e. The zero-order valence-electron chi connectivity index (χ0n) is 30.1. The molecule has 0 aromatic heterocycles. The number of halogens is 1. The van der Waals surface area contributed by atoms with Gasteiger partial charge in [-0.2, -0.15) is 0 Å². The van der Waals surface area contributed by atoms with Crippen molar-refractivity contribution in [1.29, 1.82) is 0 Å². The van der Waals surface area contributed by atoms with Gasteiger partial charge >= 0.3 is 8.80 Å². The second-order valence-electron chi connectivity index (χ2n) is 12.8. The van der Waals surface area contributed by atoms with E-state index in [-0.39, 0.29) is 17.9 Å². The quantitative estimate of drug-likeness (QED) is 0.0532. The summed E-state index contributed by atoms with van der Waals surface area (Å²) in [5.41, 5.74) is 6.35. The van der Waals surface area contributed by atoms with Gasteiger partial charge in [0.15, 0.2) is 0 Å². The van der Waals surface area contributed by atoms with Gasteiger partial charge < -0.3 is 33.2 Å². The standard InChI is InChI=1S/C35H75NO6Si.ClH/c1-7-11-12-13-14-15-16-17-18-19-20-21-22-24-34(33-35(5,6)36)25-23-32-43(40-29-26-37-8-2,41-30-27-38-9-3)42-31-28-39-10-4;/h34H,7-33,36H2,1-6H3;1H. The first-order chi connectivity index (χ1) is 20.8. The Morgan fingerprint density at radius 2 is 0.886 bits per heavy atom. The van der Waals surface area contributed by atoms with Crippen molar-refractivity contribution in [3.63, 3.8) is 0 Å². The fourth-order valence-electron chi connectivity index (χ4n) is 5.69. The molecule has 0 fully saturated rings. The number of hydrogen-bond donors (Lipinski definition) is 1. The summed E-state index contributed by atoms with van der Waals surface area (Å²) in [7, 11) is -2.91. The second-order valence-corrected chi connectivity index (χ2v) is 15.5. The molecule has 0 heterocycles. The van der Waals surface area contributed by atoms with Crippen molar-refractivity contribution in [2.75, 3.05) is 59.5 Å². The molecule has 0 rings (SSSR count). The zero-order valence-corrected chi connectivity index (χ0v) is 31.9. The average Bonchev–Trinajstić information content (AvgIpc) is 2.97. The van der Waals surface area contributed by atoms with E-state index in [1.165, 1.54) is 89.9 Å². The molecule has 0 radical (unpaired) electrons. The summed E-state index contributed by atoms with van der Waals surface area (Å²) < 4.78 is 35.8. The van der Waals surface area contributed by atoms with Gasteiger partial charge in [0.05, 0.1) is 39.6 Å². The molecular formula is C35H76ClNO6Si. The summed E-state index contributed by atoms with van der Waals surface area (Å²) in [4.78, 5) is 0. The Balaban J connectivity index is 0. The van der Waals surface area contributed by atoms with E-state index < -0.39 is 8.80 Å². The molecule has 9 heteroatoms. The average molecular weight is 671 g/mol. The molecule has 1 unspecified atom stereocenters. The van der Waals surface area contributed by atoms with Crippen molar-refractivity contribution in [1.82, 2.24) is 0 Å². The van der Waals surface area contributed by atoms with Crippen LogP contribution in [0.1, 0.15) is 151 Å². The SMILES string of the molecule is CCCCCCCCCCCCCCCC(CCC[Si](OCCOCC)(OCCOCC)OCCOCC)CC(C)(C)N.Cl. The largest absolute Gasteiger partial charge is 0.501 e. The Morgan fingerprint density at radius 3 is 1.25 bits per heavy atom. The number of ether oxygens (including phenoxy) is 3. The number of rotatable bonds is 35. The van der Waals surface area contributed by atoms with Crippen LogP contribution in [0.2, 0.25) is 6.04 Å². The molecular weight excluding hydrogens is 594 g/mol. The molecule has 0 amide bonds. The van der Waals surface area contributed by atoms with Crippen LogP contribution in [-0.2, 0) is 27.5 Å². The normalized spacial score (nSPS) is 12.9. The maximum Gasteiger partial charge on any atom is 0.501 e. The third-order valence-corrected chi connectivity index (χ3v) is 10.8. The third kappa shape index (κ3) is 30.9. The molecule has 1 atom stereocenters. The lowest BCUT2D eigenvalue weighted by molar-refractivity contribution is 0.00301. The molecule has 0 saturated heterocycles. The molecule has 2 N–H and O–H groups in total. The topological polar surface area (TPSA) is 81.4 Å². The van der Waals surface area contributed by atoms with Gasteiger partial charge in [0.1, 0.15) is 0 Å². The van der Waals surface area contributed by atoms with Crippen molar-refractivity contribution in [3.05, 3.63) is 0 Å². The first kappa shape index (κ1) is 46.3. The Bertz CT molecular complexity index is 539. The van der Waals surface area contributed by atoms with Crippen molar-refractivity contribution < 1.29 is 27.5 Å². The summed E-state index contributed by atoms with van der Waals surface area (Å²) in [5, 5.41) is 0. The van der Waals surface area contributed by atoms with Crippen LogP contribution in [-0.4, -0.2) is 73.8 Å².